The van der Waals surface area contributed by atoms with E-state index in [1.165, 1.54) is 7.11 Å². The summed E-state index contributed by atoms with van der Waals surface area (Å²) in [4.78, 5) is 11.1. The van der Waals surface area contributed by atoms with E-state index in [0.717, 1.165) is 0 Å². The van der Waals surface area contributed by atoms with Gasteiger partial charge in [-0.3, -0.25) is 4.79 Å². The number of nitrogens with zero attached hydrogens (tertiary/aromatic N) is 1. The number of halogens is 1. The molecule has 0 spiro atoms. The van der Waals surface area contributed by atoms with Gasteiger partial charge in [-0.15, -0.1) is 11.6 Å². The summed E-state index contributed by atoms with van der Waals surface area (Å²) in [5, 5.41) is 10.8. The minimum Gasteiger partial charge on any atom is -0.378 e. The summed E-state index contributed by atoms with van der Waals surface area (Å²) >= 11 is 5.83. The number of rotatable bonds is 1. The lowest BCUT2D eigenvalue weighted by molar-refractivity contribution is -0.129. The Morgan fingerprint density at radius 1 is 1.83 bits per heavy atom. The normalized spacial score (nSPS) is 35.4. The zero-order valence-corrected chi connectivity index (χ0v) is 7.34. The Morgan fingerprint density at radius 2 is 2.50 bits per heavy atom. The van der Waals surface area contributed by atoms with Crippen LogP contribution in [0.5, 0.6) is 0 Å². The fraction of sp³-hybridized carbons (Fsp3) is 0.714. The molecule has 1 rings (SSSR count). The molecule has 0 aromatic rings. The Balaban J connectivity index is 2.76. The second-order valence-corrected chi connectivity index (χ2v) is 3.13. The third-order valence-corrected chi connectivity index (χ3v) is 2.25. The quantitative estimate of drug-likeness (QED) is 0.584. The maximum atomic E-state index is 11.1. The van der Waals surface area contributed by atoms with Crippen molar-refractivity contribution in [3.05, 3.63) is 0 Å². The average molecular weight is 189 g/mol. The fourth-order valence-corrected chi connectivity index (χ4v) is 1.52. The molecule has 1 saturated heterocycles. The van der Waals surface area contributed by atoms with Crippen molar-refractivity contribution in [1.29, 1.82) is 5.26 Å². The number of ether oxygens (including phenoxy) is 1. The summed E-state index contributed by atoms with van der Waals surface area (Å²) in [5.74, 6) is -1.09. The first kappa shape index (κ1) is 9.30. The molecule has 1 aliphatic rings. The van der Waals surface area contributed by atoms with Gasteiger partial charge in [0.25, 0.3) is 0 Å². The van der Waals surface area contributed by atoms with E-state index < -0.39 is 12.0 Å². The van der Waals surface area contributed by atoms with Gasteiger partial charge >= 0.3 is 0 Å². The van der Waals surface area contributed by atoms with Crippen molar-refractivity contribution in [1.82, 2.24) is 5.32 Å². The zero-order valence-electron chi connectivity index (χ0n) is 6.58. The lowest BCUT2D eigenvalue weighted by Crippen LogP contribution is -2.52. The molecule has 3 unspecified atom stereocenters. The highest BCUT2D eigenvalue weighted by Crippen LogP contribution is 2.19. The summed E-state index contributed by atoms with van der Waals surface area (Å²) in [6, 6.07) is 1.86. The number of carbonyl (C=O) groups excluding carboxylic acids is 1. The molecular formula is C7H9ClN2O2. The lowest BCUT2D eigenvalue weighted by Gasteiger charge is -2.29. The molecule has 1 heterocycles. The molecule has 0 aromatic heterocycles. The zero-order chi connectivity index (χ0) is 9.14. The van der Waals surface area contributed by atoms with Crippen LogP contribution in [0.1, 0.15) is 0 Å². The number of hydrogen-bond donors (Lipinski definition) is 1. The van der Waals surface area contributed by atoms with Crippen LogP contribution in [0, 0.1) is 17.2 Å². The van der Waals surface area contributed by atoms with Crippen LogP contribution in [-0.2, 0) is 9.53 Å². The fourth-order valence-electron chi connectivity index (χ4n) is 1.20. The van der Waals surface area contributed by atoms with Crippen LogP contribution in [0.4, 0.5) is 0 Å². The van der Waals surface area contributed by atoms with E-state index in [-0.39, 0.29) is 11.3 Å². The Labute approximate surface area is 75.4 Å². The van der Waals surface area contributed by atoms with Crippen LogP contribution in [0.3, 0.4) is 0 Å². The number of amides is 1. The van der Waals surface area contributed by atoms with E-state index >= 15 is 0 Å². The summed E-state index contributed by atoms with van der Waals surface area (Å²) in [6.07, 6.45) is -0.495. The smallest absolute Gasteiger partial charge is 0.240 e. The van der Waals surface area contributed by atoms with Crippen molar-refractivity contribution in [3.8, 4) is 6.07 Å². The van der Waals surface area contributed by atoms with Gasteiger partial charge in [-0.05, 0) is 0 Å². The molecule has 5 heteroatoms. The van der Waals surface area contributed by atoms with Crippen LogP contribution in [-0.4, -0.2) is 31.0 Å². The van der Waals surface area contributed by atoms with Crippen molar-refractivity contribution >= 4 is 17.5 Å². The second-order valence-electron chi connectivity index (χ2n) is 2.57. The van der Waals surface area contributed by atoms with Gasteiger partial charge < -0.3 is 10.1 Å². The van der Waals surface area contributed by atoms with Gasteiger partial charge in [-0.2, -0.15) is 5.26 Å². The Morgan fingerprint density at radius 3 is 2.92 bits per heavy atom. The molecule has 0 bridgehead atoms. The van der Waals surface area contributed by atoms with Gasteiger partial charge in [-0.25, -0.2) is 0 Å². The van der Waals surface area contributed by atoms with E-state index in [9.17, 15) is 4.79 Å². The van der Waals surface area contributed by atoms with Crippen LogP contribution in [0.15, 0.2) is 0 Å². The Bertz CT molecular complexity index is 226. The van der Waals surface area contributed by atoms with Crippen LogP contribution < -0.4 is 5.32 Å². The number of piperidine rings is 1. The van der Waals surface area contributed by atoms with Gasteiger partial charge in [0.05, 0.1) is 17.6 Å². The average Bonchev–Trinajstić information content (AvgIpc) is 2.08. The number of hydrogen-bond acceptors (Lipinski definition) is 3. The Kier molecular flexibility index (Phi) is 2.90. The molecule has 3 atom stereocenters. The predicted octanol–water partition coefficient (Wildman–Crippen LogP) is -0.122. The van der Waals surface area contributed by atoms with Crippen molar-refractivity contribution in [2.24, 2.45) is 5.92 Å². The molecule has 1 amide bonds. The van der Waals surface area contributed by atoms with E-state index in [1.807, 2.05) is 6.07 Å². The largest absolute Gasteiger partial charge is 0.378 e. The second kappa shape index (κ2) is 3.74. The molecule has 4 nitrogen and oxygen atoms in total. The van der Waals surface area contributed by atoms with E-state index in [2.05, 4.69) is 5.32 Å². The highest BCUT2D eigenvalue weighted by Gasteiger charge is 2.38. The maximum absolute atomic E-state index is 11.1. The third-order valence-electron chi connectivity index (χ3n) is 1.85. The first-order valence-corrected chi connectivity index (χ1v) is 3.98. The van der Waals surface area contributed by atoms with Crippen molar-refractivity contribution in [3.63, 3.8) is 0 Å². The number of nitrogens with one attached hydrogen (secondary N) is 1. The van der Waals surface area contributed by atoms with Gasteiger partial charge in [-0.1, -0.05) is 0 Å². The molecule has 0 saturated carbocycles. The van der Waals surface area contributed by atoms with Gasteiger partial charge in [0.2, 0.25) is 5.91 Å². The van der Waals surface area contributed by atoms with Gasteiger partial charge in [0, 0.05) is 13.7 Å². The highest BCUT2D eigenvalue weighted by molar-refractivity contribution is 6.21. The molecule has 1 aliphatic heterocycles. The van der Waals surface area contributed by atoms with Crippen molar-refractivity contribution < 1.29 is 9.53 Å². The first-order chi connectivity index (χ1) is 5.70. The minimum absolute atomic E-state index is 0.304. The van der Waals surface area contributed by atoms with E-state index in [0.29, 0.717) is 6.54 Å². The molecular weight excluding hydrogens is 180 g/mol. The van der Waals surface area contributed by atoms with Crippen LogP contribution in [0.2, 0.25) is 0 Å². The van der Waals surface area contributed by atoms with Crippen LogP contribution >= 0.6 is 11.6 Å². The summed E-state index contributed by atoms with van der Waals surface area (Å²) in [6.45, 7) is 0.358. The van der Waals surface area contributed by atoms with Gasteiger partial charge in [0.1, 0.15) is 0 Å². The maximum Gasteiger partial charge on any atom is 0.240 e. The molecule has 1 N–H and O–H groups in total. The minimum atomic E-state index is -0.786. The molecule has 1 fully saturated rings. The Hall–Kier alpha value is -0.790. The molecule has 0 aliphatic carbocycles. The SMILES string of the molecule is COC1C(Cl)CNC(=O)C1C#N. The molecule has 66 valence electrons. The lowest BCUT2D eigenvalue weighted by atomic mass is 9.96. The monoisotopic (exact) mass is 188 g/mol. The summed E-state index contributed by atoms with van der Waals surface area (Å²) in [5.41, 5.74) is 0. The summed E-state index contributed by atoms with van der Waals surface area (Å²) < 4.78 is 4.96. The number of carbonyl (C=O) groups is 1. The number of methoxy groups -OCH3 is 1. The topological polar surface area (TPSA) is 62.1 Å². The first-order valence-electron chi connectivity index (χ1n) is 3.55. The van der Waals surface area contributed by atoms with E-state index in [4.69, 9.17) is 21.6 Å². The van der Waals surface area contributed by atoms with Crippen LogP contribution in [0.25, 0.3) is 0 Å². The highest BCUT2D eigenvalue weighted by atomic mass is 35.5. The number of nitriles is 1. The number of alkyl halides is 1. The van der Waals surface area contributed by atoms with E-state index in [1.54, 1.807) is 0 Å². The standard InChI is InChI=1S/C7H9ClN2O2/c1-12-6-4(2-9)7(11)10-3-5(6)8/h4-6H,3H2,1H3,(H,10,11). The molecule has 12 heavy (non-hydrogen) atoms. The molecule has 0 aromatic carbocycles. The molecule has 0 radical (unpaired) electrons. The van der Waals surface area contributed by atoms with Crippen molar-refractivity contribution in [2.45, 2.75) is 11.5 Å². The van der Waals surface area contributed by atoms with Gasteiger partial charge in [0.15, 0.2) is 5.92 Å². The third kappa shape index (κ3) is 1.52. The summed E-state index contributed by atoms with van der Waals surface area (Å²) in [7, 11) is 1.45. The van der Waals surface area contributed by atoms with Crippen molar-refractivity contribution in [2.75, 3.05) is 13.7 Å². The predicted molar refractivity (Wildman–Crippen MR) is 42.6 cm³/mol.